The number of carboxylic acids is 1. The van der Waals surface area contributed by atoms with Gasteiger partial charge in [0.15, 0.2) is 0 Å². The van der Waals surface area contributed by atoms with E-state index >= 15 is 0 Å². The van der Waals surface area contributed by atoms with Crippen LogP contribution >= 0.6 is 15.9 Å². The number of rotatable bonds is 3. The van der Waals surface area contributed by atoms with Crippen molar-refractivity contribution in [3.8, 4) is 11.5 Å². The van der Waals surface area contributed by atoms with Crippen LogP contribution in [-0.4, -0.2) is 11.1 Å². The van der Waals surface area contributed by atoms with Crippen molar-refractivity contribution in [3.05, 3.63) is 57.6 Å². The summed E-state index contributed by atoms with van der Waals surface area (Å²) in [6.07, 6.45) is 0. The van der Waals surface area contributed by atoms with Crippen molar-refractivity contribution >= 4 is 21.9 Å². The molecule has 19 heavy (non-hydrogen) atoms. The van der Waals surface area contributed by atoms with Crippen molar-refractivity contribution in [3.63, 3.8) is 0 Å². The molecule has 0 saturated heterocycles. The maximum Gasteiger partial charge on any atom is 0.335 e. The lowest BCUT2D eigenvalue weighted by Gasteiger charge is -2.11. The van der Waals surface area contributed by atoms with E-state index in [9.17, 15) is 4.79 Å². The van der Waals surface area contributed by atoms with Crippen molar-refractivity contribution in [2.75, 3.05) is 0 Å². The van der Waals surface area contributed by atoms with Crippen LogP contribution in [0.25, 0.3) is 0 Å². The number of benzene rings is 2. The fourth-order valence-corrected chi connectivity index (χ4v) is 2.18. The summed E-state index contributed by atoms with van der Waals surface area (Å²) in [6.45, 7) is 3.98. The molecule has 0 spiro atoms. The van der Waals surface area contributed by atoms with Gasteiger partial charge in [0.1, 0.15) is 11.5 Å². The van der Waals surface area contributed by atoms with Crippen LogP contribution < -0.4 is 4.74 Å². The molecule has 98 valence electrons. The summed E-state index contributed by atoms with van der Waals surface area (Å²) in [7, 11) is 0. The molecule has 2 aromatic rings. The van der Waals surface area contributed by atoms with Crippen LogP contribution in [0.5, 0.6) is 11.5 Å². The molecule has 0 aliphatic heterocycles. The molecule has 0 aliphatic carbocycles. The Bertz CT molecular complexity index is 635. The molecule has 0 amide bonds. The standard InChI is InChI=1S/C15H13BrO3/c1-9-4-3-5-14(10(9)2)19-13-7-11(15(17)18)6-12(16)8-13/h3-8H,1-2H3,(H,17,18). The summed E-state index contributed by atoms with van der Waals surface area (Å²) in [5, 5.41) is 9.02. The average Bonchev–Trinajstić information content (AvgIpc) is 2.34. The highest BCUT2D eigenvalue weighted by Gasteiger charge is 2.09. The second kappa shape index (κ2) is 5.45. The maximum atomic E-state index is 11.0. The zero-order valence-corrected chi connectivity index (χ0v) is 12.2. The Labute approximate surface area is 120 Å². The Morgan fingerprint density at radius 3 is 2.63 bits per heavy atom. The molecule has 3 nitrogen and oxygen atoms in total. The molecule has 0 aromatic heterocycles. The number of carboxylic acid groups (broad SMARTS) is 1. The Hall–Kier alpha value is -1.81. The number of aromatic carboxylic acids is 1. The van der Waals surface area contributed by atoms with Crippen molar-refractivity contribution in [2.45, 2.75) is 13.8 Å². The molecule has 0 saturated carbocycles. The van der Waals surface area contributed by atoms with E-state index in [-0.39, 0.29) is 5.56 Å². The Balaban J connectivity index is 2.38. The van der Waals surface area contributed by atoms with Gasteiger partial charge in [-0.15, -0.1) is 0 Å². The molecule has 0 aliphatic rings. The van der Waals surface area contributed by atoms with Gasteiger partial charge in [-0.25, -0.2) is 4.79 Å². The van der Waals surface area contributed by atoms with Gasteiger partial charge in [-0.05, 0) is 49.2 Å². The normalized spacial score (nSPS) is 10.3. The number of ether oxygens (including phenoxy) is 1. The number of carbonyl (C=O) groups is 1. The minimum absolute atomic E-state index is 0.190. The molecule has 0 bridgehead atoms. The fraction of sp³-hybridized carbons (Fsp3) is 0.133. The first kappa shape index (κ1) is 13.6. The first-order chi connectivity index (χ1) is 8.97. The van der Waals surface area contributed by atoms with Crippen LogP contribution in [0.15, 0.2) is 40.9 Å². The fourth-order valence-electron chi connectivity index (χ4n) is 1.71. The van der Waals surface area contributed by atoms with Crippen molar-refractivity contribution in [2.24, 2.45) is 0 Å². The molecule has 4 heteroatoms. The van der Waals surface area contributed by atoms with E-state index < -0.39 is 5.97 Å². The van der Waals surface area contributed by atoms with Gasteiger partial charge in [-0.3, -0.25) is 0 Å². The number of aryl methyl sites for hydroxylation is 1. The second-order valence-electron chi connectivity index (χ2n) is 4.28. The van der Waals surface area contributed by atoms with Crippen LogP contribution in [0, 0.1) is 13.8 Å². The third kappa shape index (κ3) is 3.15. The summed E-state index contributed by atoms with van der Waals surface area (Å²) in [4.78, 5) is 11.0. The van der Waals surface area contributed by atoms with E-state index in [1.54, 1.807) is 6.07 Å². The van der Waals surface area contributed by atoms with Crippen LogP contribution in [0.3, 0.4) is 0 Å². The third-order valence-electron chi connectivity index (χ3n) is 2.90. The van der Waals surface area contributed by atoms with Gasteiger partial charge >= 0.3 is 5.97 Å². The first-order valence-corrected chi connectivity index (χ1v) is 6.54. The monoisotopic (exact) mass is 320 g/mol. The Kier molecular flexibility index (Phi) is 3.90. The Morgan fingerprint density at radius 2 is 1.95 bits per heavy atom. The van der Waals surface area contributed by atoms with Gasteiger partial charge in [0, 0.05) is 4.47 Å². The molecule has 0 heterocycles. The van der Waals surface area contributed by atoms with E-state index in [1.807, 2.05) is 32.0 Å². The highest BCUT2D eigenvalue weighted by Crippen LogP contribution is 2.29. The van der Waals surface area contributed by atoms with Gasteiger partial charge in [0.05, 0.1) is 5.56 Å². The molecule has 0 atom stereocenters. The van der Waals surface area contributed by atoms with Crippen molar-refractivity contribution in [1.29, 1.82) is 0 Å². The highest BCUT2D eigenvalue weighted by molar-refractivity contribution is 9.10. The predicted octanol–water partition coefficient (Wildman–Crippen LogP) is 4.56. The van der Waals surface area contributed by atoms with E-state index in [0.717, 1.165) is 16.9 Å². The minimum Gasteiger partial charge on any atom is -0.478 e. The van der Waals surface area contributed by atoms with Gasteiger partial charge in [-0.2, -0.15) is 0 Å². The van der Waals surface area contributed by atoms with Crippen molar-refractivity contribution < 1.29 is 14.6 Å². The average molecular weight is 321 g/mol. The van der Waals surface area contributed by atoms with Crippen LogP contribution in [-0.2, 0) is 0 Å². The van der Waals surface area contributed by atoms with Gasteiger partial charge in [0.25, 0.3) is 0 Å². The summed E-state index contributed by atoms with van der Waals surface area (Å²) in [6, 6.07) is 10.6. The molecular formula is C15H13BrO3. The summed E-state index contributed by atoms with van der Waals surface area (Å²) < 4.78 is 6.44. The lowest BCUT2D eigenvalue weighted by molar-refractivity contribution is 0.0696. The molecule has 1 N–H and O–H groups in total. The van der Waals surface area contributed by atoms with Gasteiger partial charge in [0.2, 0.25) is 0 Å². The number of hydrogen-bond acceptors (Lipinski definition) is 2. The molecule has 0 fully saturated rings. The van der Waals surface area contributed by atoms with Crippen LogP contribution in [0.2, 0.25) is 0 Å². The molecule has 0 unspecified atom stereocenters. The van der Waals surface area contributed by atoms with Gasteiger partial charge < -0.3 is 9.84 Å². The van der Waals surface area contributed by atoms with Gasteiger partial charge in [-0.1, -0.05) is 28.1 Å². The molecule has 2 rings (SSSR count). The van der Waals surface area contributed by atoms with E-state index in [0.29, 0.717) is 10.2 Å². The first-order valence-electron chi connectivity index (χ1n) is 5.75. The van der Waals surface area contributed by atoms with Crippen LogP contribution in [0.1, 0.15) is 21.5 Å². The predicted molar refractivity (Wildman–Crippen MR) is 77.1 cm³/mol. The van der Waals surface area contributed by atoms with E-state index in [2.05, 4.69) is 15.9 Å². The summed E-state index contributed by atoms with van der Waals surface area (Å²) in [5.41, 5.74) is 2.36. The zero-order chi connectivity index (χ0) is 14.0. The van der Waals surface area contributed by atoms with Crippen molar-refractivity contribution in [1.82, 2.24) is 0 Å². The second-order valence-corrected chi connectivity index (χ2v) is 5.20. The zero-order valence-electron chi connectivity index (χ0n) is 10.6. The smallest absolute Gasteiger partial charge is 0.335 e. The SMILES string of the molecule is Cc1cccc(Oc2cc(Br)cc(C(=O)O)c2)c1C. The quantitative estimate of drug-likeness (QED) is 0.902. The maximum absolute atomic E-state index is 11.0. The minimum atomic E-state index is -0.980. The lowest BCUT2D eigenvalue weighted by Crippen LogP contribution is -1.97. The molecule has 0 radical (unpaired) electrons. The summed E-state index contributed by atoms with van der Waals surface area (Å²) in [5.74, 6) is 0.252. The number of halogens is 1. The van der Waals surface area contributed by atoms with E-state index in [1.165, 1.54) is 12.1 Å². The highest BCUT2D eigenvalue weighted by atomic mass is 79.9. The Morgan fingerprint density at radius 1 is 1.21 bits per heavy atom. The topological polar surface area (TPSA) is 46.5 Å². The molecule has 2 aromatic carbocycles. The molecular weight excluding hydrogens is 308 g/mol. The number of hydrogen-bond donors (Lipinski definition) is 1. The van der Waals surface area contributed by atoms with Crippen LogP contribution in [0.4, 0.5) is 0 Å². The third-order valence-corrected chi connectivity index (χ3v) is 3.36. The lowest BCUT2D eigenvalue weighted by atomic mass is 10.1. The van der Waals surface area contributed by atoms with E-state index in [4.69, 9.17) is 9.84 Å². The largest absolute Gasteiger partial charge is 0.478 e. The summed E-state index contributed by atoms with van der Waals surface area (Å²) >= 11 is 3.28.